The first-order valence-electron chi connectivity index (χ1n) is 11.5. The molecule has 0 radical (unpaired) electrons. The van der Waals surface area contributed by atoms with Crippen molar-refractivity contribution in [3.05, 3.63) is 88.3 Å². The number of aryl methyl sites for hydroxylation is 1. The Hall–Kier alpha value is -4.53. The number of nitrogens with zero attached hydrogens (tertiary/aromatic N) is 6. The molecule has 0 saturated carbocycles. The predicted molar refractivity (Wildman–Crippen MR) is 134 cm³/mol. The number of pyridine rings is 1. The van der Waals surface area contributed by atoms with Crippen molar-refractivity contribution in [1.82, 2.24) is 29.7 Å². The smallest absolute Gasteiger partial charge is 0.281 e. The zero-order valence-corrected chi connectivity index (χ0v) is 19.2. The van der Waals surface area contributed by atoms with Crippen molar-refractivity contribution in [1.29, 1.82) is 0 Å². The third kappa shape index (κ3) is 3.71. The Kier molecular flexibility index (Phi) is 5.02. The number of hydrogen-bond acceptors (Lipinski definition) is 6. The number of H-pyrrole nitrogens is 1. The van der Waals surface area contributed by atoms with Crippen LogP contribution in [-0.4, -0.2) is 61.8 Å². The summed E-state index contributed by atoms with van der Waals surface area (Å²) in [6.45, 7) is 4.62. The molecule has 1 amide bonds. The average molecular weight is 466 g/mol. The maximum Gasteiger partial charge on any atom is 0.281 e. The number of carbonyl (C=O) groups excluding carboxylic acids is 1. The van der Waals surface area contributed by atoms with E-state index in [0.29, 0.717) is 54.0 Å². The lowest BCUT2D eigenvalue weighted by Crippen LogP contribution is -2.49. The van der Waals surface area contributed by atoms with Crippen LogP contribution in [0.15, 0.2) is 71.7 Å². The minimum Gasteiger partial charge on any atom is -0.353 e. The van der Waals surface area contributed by atoms with Gasteiger partial charge in [0.15, 0.2) is 5.65 Å². The van der Waals surface area contributed by atoms with Crippen LogP contribution in [0.2, 0.25) is 0 Å². The lowest BCUT2D eigenvalue weighted by atomic mass is 10.1. The molecule has 35 heavy (non-hydrogen) atoms. The summed E-state index contributed by atoms with van der Waals surface area (Å²) in [5.74, 6) is 0.854. The molecule has 5 aromatic rings. The van der Waals surface area contributed by atoms with Crippen molar-refractivity contribution in [2.24, 2.45) is 0 Å². The normalized spacial score (nSPS) is 14.1. The van der Waals surface area contributed by atoms with Crippen LogP contribution in [-0.2, 0) is 0 Å². The Morgan fingerprint density at radius 3 is 2.60 bits per heavy atom. The summed E-state index contributed by atoms with van der Waals surface area (Å²) < 4.78 is 1.67. The maximum absolute atomic E-state index is 13.3. The molecule has 9 nitrogen and oxygen atoms in total. The topological polar surface area (TPSA) is 99.5 Å². The van der Waals surface area contributed by atoms with Crippen molar-refractivity contribution in [3.63, 3.8) is 0 Å². The molecule has 1 aliphatic rings. The van der Waals surface area contributed by atoms with Gasteiger partial charge < -0.3 is 9.80 Å². The van der Waals surface area contributed by atoms with Gasteiger partial charge in [-0.25, -0.2) is 14.7 Å². The Morgan fingerprint density at radius 2 is 1.83 bits per heavy atom. The summed E-state index contributed by atoms with van der Waals surface area (Å²) in [7, 11) is 0. The van der Waals surface area contributed by atoms with E-state index >= 15 is 0 Å². The minimum atomic E-state index is -0.349. The van der Waals surface area contributed by atoms with E-state index in [1.54, 1.807) is 28.9 Å². The van der Waals surface area contributed by atoms with E-state index in [4.69, 9.17) is 0 Å². The highest BCUT2D eigenvalue weighted by Gasteiger charge is 2.24. The minimum absolute atomic E-state index is 0.0657. The van der Waals surface area contributed by atoms with Crippen LogP contribution in [0.4, 0.5) is 5.82 Å². The molecule has 1 saturated heterocycles. The molecular weight excluding hydrogens is 442 g/mol. The number of anilines is 1. The van der Waals surface area contributed by atoms with Crippen molar-refractivity contribution < 1.29 is 4.79 Å². The second-order valence-corrected chi connectivity index (χ2v) is 8.70. The second-order valence-electron chi connectivity index (χ2n) is 8.70. The molecule has 1 N–H and O–H groups in total. The Labute approximate surface area is 200 Å². The Morgan fingerprint density at radius 1 is 0.971 bits per heavy atom. The van der Waals surface area contributed by atoms with Gasteiger partial charge in [-0.1, -0.05) is 29.8 Å². The van der Waals surface area contributed by atoms with E-state index in [-0.39, 0.29) is 11.5 Å². The monoisotopic (exact) mass is 465 g/mol. The second kappa shape index (κ2) is 8.35. The first kappa shape index (κ1) is 21.0. The molecule has 0 aliphatic carbocycles. The molecule has 174 valence electrons. The summed E-state index contributed by atoms with van der Waals surface area (Å²) in [5.41, 5.74) is 3.73. The summed E-state index contributed by atoms with van der Waals surface area (Å²) in [4.78, 5) is 38.9. The number of amides is 1. The standard InChI is InChI=1S/C26H23N7O2/c1-17-5-4-6-18(15-17)23-24-28-25(34)20-9-8-19(16-21(20)33(24)30-29-23)26(35)32-13-11-31(12-14-32)22-7-2-3-10-27-22/h2-10,15-16,30H,11-14H2,1H3. The molecule has 4 heterocycles. The fraction of sp³-hybridized carbons (Fsp3) is 0.192. The van der Waals surface area contributed by atoms with E-state index in [9.17, 15) is 9.59 Å². The Balaban J connectivity index is 1.33. The number of nitrogens with one attached hydrogen (secondary N) is 1. The van der Waals surface area contributed by atoms with Gasteiger partial charge in [-0.05, 0) is 43.3 Å². The molecule has 6 rings (SSSR count). The van der Waals surface area contributed by atoms with Gasteiger partial charge in [-0.15, -0.1) is 0 Å². The SMILES string of the molecule is Cc1cccc(-c2n[nH]n3c2nc(=O)c2ccc(C(=O)N4CCN(c5ccccn5)CC4)cc23)c1. The zero-order valence-electron chi connectivity index (χ0n) is 19.2. The van der Waals surface area contributed by atoms with Crippen LogP contribution in [0.3, 0.4) is 0 Å². The molecule has 0 spiro atoms. The highest BCUT2D eigenvalue weighted by molar-refractivity contribution is 5.98. The highest BCUT2D eigenvalue weighted by atomic mass is 16.2. The van der Waals surface area contributed by atoms with Crippen LogP contribution in [0.5, 0.6) is 0 Å². The summed E-state index contributed by atoms with van der Waals surface area (Å²) in [5, 5.41) is 7.83. The number of rotatable bonds is 3. The number of piperazine rings is 1. The fourth-order valence-electron chi connectivity index (χ4n) is 4.61. The van der Waals surface area contributed by atoms with Crippen molar-refractivity contribution >= 4 is 28.3 Å². The van der Waals surface area contributed by atoms with Gasteiger partial charge in [0, 0.05) is 43.5 Å². The van der Waals surface area contributed by atoms with Crippen LogP contribution in [0, 0.1) is 6.92 Å². The van der Waals surface area contributed by atoms with E-state index < -0.39 is 0 Å². The van der Waals surface area contributed by atoms with Gasteiger partial charge in [0.1, 0.15) is 11.5 Å². The first-order chi connectivity index (χ1) is 17.1. The molecule has 0 atom stereocenters. The van der Waals surface area contributed by atoms with Gasteiger partial charge >= 0.3 is 0 Å². The van der Waals surface area contributed by atoms with Crippen LogP contribution >= 0.6 is 0 Å². The summed E-state index contributed by atoms with van der Waals surface area (Å²) in [6, 6.07) is 18.8. The van der Waals surface area contributed by atoms with E-state index in [1.165, 1.54) is 0 Å². The third-order valence-corrected chi connectivity index (χ3v) is 6.44. The third-order valence-electron chi connectivity index (χ3n) is 6.44. The summed E-state index contributed by atoms with van der Waals surface area (Å²) in [6.07, 6.45) is 1.78. The first-order valence-corrected chi connectivity index (χ1v) is 11.5. The Bertz CT molecular complexity index is 1620. The van der Waals surface area contributed by atoms with E-state index in [1.807, 2.05) is 54.3 Å². The van der Waals surface area contributed by atoms with Crippen molar-refractivity contribution in [3.8, 4) is 11.3 Å². The number of aromatic amines is 1. The summed E-state index contributed by atoms with van der Waals surface area (Å²) >= 11 is 0. The number of fused-ring (bicyclic) bond motifs is 3. The van der Waals surface area contributed by atoms with Crippen molar-refractivity contribution in [2.75, 3.05) is 31.1 Å². The van der Waals surface area contributed by atoms with Gasteiger partial charge in [-0.2, -0.15) is 10.1 Å². The fourth-order valence-corrected chi connectivity index (χ4v) is 4.61. The lowest BCUT2D eigenvalue weighted by molar-refractivity contribution is 0.0746. The van der Waals surface area contributed by atoms with Crippen LogP contribution < -0.4 is 10.5 Å². The largest absolute Gasteiger partial charge is 0.353 e. The highest BCUT2D eigenvalue weighted by Crippen LogP contribution is 2.24. The molecule has 1 fully saturated rings. The molecule has 3 aromatic heterocycles. The van der Waals surface area contributed by atoms with Crippen molar-refractivity contribution in [2.45, 2.75) is 6.92 Å². The van der Waals surface area contributed by atoms with Gasteiger partial charge in [0.05, 0.1) is 10.9 Å². The van der Waals surface area contributed by atoms with E-state index in [0.717, 1.165) is 16.9 Å². The maximum atomic E-state index is 13.3. The number of benzene rings is 2. The molecule has 9 heteroatoms. The van der Waals surface area contributed by atoms with Gasteiger partial charge in [-0.3, -0.25) is 9.59 Å². The quantitative estimate of drug-likeness (QED) is 0.440. The molecule has 0 unspecified atom stereocenters. The van der Waals surface area contributed by atoms with Crippen LogP contribution in [0.25, 0.3) is 27.8 Å². The number of carbonyl (C=O) groups is 1. The predicted octanol–water partition coefficient (Wildman–Crippen LogP) is 2.90. The number of aromatic nitrogens is 5. The zero-order chi connectivity index (χ0) is 23.9. The van der Waals surface area contributed by atoms with Gasteiger partial charge in [0.2, 0.25) is 0 Å². The molecule has 2 aromatic carbocycles. The molecule has 1 aliphatic heterocycles. The number of hydrogen-bond donors (Lipinski definition) is 1. The van der Waals surface area contributed by atoms with E-state index in [2.05, 4.69) is 25.2 Å². The average Bonchev–Trinajstić information content (AvgIpc) is 3.33. The lowest BCUT2D eigenvalue weighted by Gasteiger charge is -2.35. The van der Waals surface area contributed by atoms with Gasteiger partial charge in [0.25, 0.3) is 11.5 Å². The molecular formula is C26H23N7O2. The molecule has 0 bridgehead atoms. The van der Waals surface area contributed by atoms with Crippen LogP contribution in [0.1, 0.15) is 15.9 Å².